The molecule has 0 aliphatic rings. The number of nitriles is 1. The maximum Gasteiger partial charge on any atom is 0.122 e. The summed E-state index contributed by atoms with van der Waals surface area (Å²) in [4.78, 5) is 0. The second-order valence-electron chi connectivity index (χ2n) is 4.48. The molecule has 0 saturated carbocycles. The fourth-order valence-corrected chi connectivity index (χ4v) is 1.66. The van der Waals surface area contributed by atoms with Gasteiger partial charge in [0.25, 0.3) is 0 Å². The topological polar surface area (TPSA) is 88.5 Å². The zero-order valence-corrected chi connectivity index (χ0v) is 11.4. The Morgan fingerprint density at radius 1 is 1.05 bits per heavy atom. The molecule has 0 spiro atoms. The molecule has 1 unspecified atom stereocenters. The quantitative estimate of drug-likeness (QED) is 0.792. The average molecular weight is 284 g/mol. The van der Waals surface area contributed by atoms with Gasteiger partial charge in [-0.1, -0.05) is 6.07 Å². The lowest BCUT2D eigenvalue weighted by Gasteiger charge is -2.13. The van der Waals surface area contributed by atoms with Crippen LogP contribution in [0.15, 0.2) is 48.5 Å². The van der Waals surface area contributed by atoms with E-state index in [1.165, 1.54) is 0 Å². The Morgan fingerprint density at radius 2 is 1.71 bits per heavy atom. The summed E-state index contributed by atoms with van der Waals surface area (Å²) in [5.41, 5.74) is 6.80. The van der Waals surface area contributed by atoms with E-state index in [0.717, 1.165) is 0 Å². The molecule has 0 aliphatic heterocycles. The maximum atomic E-state index is 9.81. The first-order chi connectivity index (χ1) is 10.2. The highest BCUT2D eigenvalue weighted by atomic mass is 16.5. The van der Waals surface area contributed by atoms with Gasteiger partial charge in [-0.15, -0.1) is 0 Å². The molecule has 3 N–H and O–H groups in total. The number of anilines is 1. The van der Waals surface area contributed by atoms with Crippen LogP contribution in [0.2, 0.25) is 0 Å². The lowest BCUT2D eigenvalue weighted by atomic mass is 10.2. The lowest BCUT2D eigenvalue weighted by molar-refractivity contribution is 0.0627. The molecule has 0 aromatic heterocycles. The van der Waals surface area contributed by atoms with Crippen molar-refractivity contribution in [2.75, 3.05) is 18.9 Å². The van der Waals surface area contributed by atoms with Crippen molar-refractivity contribution >= 4 is 5.69 Å². The highest BCUT2D eigenvalue weighted by molar-refractivity contribution is 5.43. The van der Waals surface area contributed by atoms with E-state index in [1.54, 1.807) is 48.5 Å². The summed E-state index contributed by atoms with van der Waals surface area (Å²) in [5.74, 6) is 1.20. The van der Waals surface area contributed by atoms with Crippen LogP contribution in [0, 0.1) is 11.3 Å². The van der Waals surface area contributed by atoms with E-state index in [9.17, 15) is 5.11 Å². The number of aliphatic hydroxyl groups excluding tert-OH is 1. The molecule has 2 aromatic carbocycles. The zero-order valence-electron chi connectivity index (χ0n) is 11.4. The summed E-state index contributed by atoms with van der Waals surface area (Å²) in [6.07, 6.45) is -0.762. The Hall–Kier alpha value is -2.71. The number of nitrogen functional groups attached to an aromatic ring is 1. The van der Waals surface area contributed by atoms with E-state index < -0.39 is 6.10 Å². The van der Waals surface area contributed by atoms with Crippen LogP contribution in [0.1, 0.15) is 5.56 Å². The van der Waals surface area contributed by atoms with Gasteiger partial charge in [-0.25, -0.2) is 0 Å². The predicted molar refractivity (Wildman–Crippen MR) is 79.0 cm³/mol. The van der Waals surface area contributed by atoms with E-state index in [1.807, 2.05) is 6.07 Å². The highest BCUT2D eigenvalue weighted by Crippen LogP contribution is 2.15. The van der Waals surface area contributed by atoms with Gasteiger partial charge in [0, 0.05) is 11.8 Å². The average Bonchev–Trinajstić information content (AvgIpc) is 2.51. The largest absolute Gasteiger partial charge is 0.491 e. The van der Waals surface area contributed by atoms with Crippen LogP contribution in [0.4, 0.5) is 5.69 Å². The number of benzene rings is 2. The first-order valence-electron chi connectivity index (χ1n) is 6.47. The Morgan fingerprint density at radius 3 is 2.33 bits per heavy atom. The van der Waals surface area contributed by atoms with Gasteiger partial charge in [0.15, 0.2) is 0 Å². The van der Waals surface area contributed by atoms with Gasteiger partial charge < -0.3 is 20.3 Å². The van der Waals surface area contributed by atoms with Crippen molar-refractivity contribution in [1.29, 1.82) is 5.26 Å². The molecule has 0 saturated heterocycles. The second kappa shape index (κ2) is 7.17. The van der Waals surface area contributed by atoms with Crippen molar-refractivity contribution in [3.8, 4) is 17.6 Å². The molecule has 0 aliphatic carbocycles. The molecular weight excluding hydrogens is 268 g/mol. The second-order valence-corrected chi connectivity index (χ2v) is 4.48. The van der Waals surface area contributed by atoms with E-state index in [-0.39, 0.29) is 13.2 Å². The molecule has 108 valence electrons. The van der Waals surface area contributed by atoms with Crippen molar-refractivity contribution in [2.45, 2.75) is 6.10 Å². The summed E-state index contributed by atoms with van der Waals surface area (Å²) in [6.45, 7) is 0.216. The van der Waals surface area contributed by atoms with Crippen LogP contribution in [-0.4, -0.2) is 24.4 Å². The summed E-state index contributed by atoms with van der Waals surface area (Å²) in [5, 5.41) is 18.5. The minimum absolute atomic E-state index is 0.105. The molecule has 21 heavy (non-hydrogen) atoms. The third-order valence-corrected chi connectivity index (χ3v) is 2.73. The molecule has 1 atom stereocenters. The Kier molecular flexibility index (Phi) is 5.02. The number of ether oxygens (including phenoxy) is 2. The number of nitrogens with two attached hydrogens (primary N) is 1. The molecule has 2 aromatic rings. The summed E-state index contributed by atoms with van der Waals surface area (Å²) < 4.78 is 10.8. The van der Waals surface area contributed by atoms with Gasteiger partial charge in [-0.3, -0.25) is 0 Å². The van der Waals surface area contributed by atoms with E-state index in [0.29, 0.717) is 22.7 Å². The fraction of sp³-hybridized carbons (Fsp3) is 0.188. The fourth-order valence-electron chi connectivity index (χ4n) is 1.66. The van der Waals surface area contributed by atoms with Crippen LogP contribution in [-0.2, 0) is 0 Å². The van der Waals surface area contributed by atoms with Crippen LogP contribution in [0.3, 0.4) is 0 Å². The number of hydrogen-bond acceptors (Lipinski definition) is 5. The van der Waals surface area contributed by atoms with E-state index in [4.69, 9.17) is 20.5 Å². The Balaban J connectivity index is 1.76. The maximum absolute atomic E-state index is 9.81. The molecule has 0 amide bonds. The van der Waals surface area contributed by atoms with Gasteiger partial charge in [-0.05, 0) is 36.4 Å². The molecule has 0 heterocycles. The van der Waals surface area contributed by atoms with Crippen molar-refractivity contribution in [2.24, 2.45) is 0 Å². The van der Waals surface area contributed by atoms with Gasteiger partial charge in [-0.2, -0.15) is 5.26 Å². The summed E-state index contributed by atoms with van der Waals surface area (Å²) in [7, 11) is 0. The van der Waals surface area contributed by atoms with Crippen LogP contribution < -0.4 is 15.2 Å². The smallest absolute Gasteiger partial charge is 0.122 e. The number of aliphatic hydroxyl groups is 1. The number of rotatable bonds is 6. The van der Waals surface area contributed by atoms with E-state index >= 15 is 0 Å². The van der Waals surface area contributed by atoms with Gasteiger partial charge in [0.05, 0.1) is 11.6 Å². The molecule has 2 rings (SSSR count). The van der Waals surface area contributed by atoms with E-state index in [2.05, 4.69) is 0 Å². The first-order valence-corrected chi connectivity index (χ1v) is 6.47. The van der Waals surface area contributed by atoms with Gasteiger partial charge >= 0.3 is 0 Å². The molecule has 0 fully saturated rings. The number of hydrogen-bond donors (Lipinski definition) is 2. The van der Waals surface area contributed by atoms with Crippen LogP contribution in [0.5, 0.6) is 11.5 Å². The third-order valence-electron chi connectivity index (χ3n) is 2.73. The van der Waals surface area contributed by atoms with Crippen LogP contribution in [0.25, 0.3) is 0 Å². The van der Waals surface area contributed by atoms with Crippen molar-refractivity contribution in [3.63, 3.8) is 0 Å². The molecule has 5 heteroatoms. The monoisotopic (exact) mass is 284 g/mol. The Labute approximate surface area is 123 Å². The SMILES string of the molecule is N#Cc1ccc(OCC(O)COc2cccc(N)c2)cc1. The normalized spacial score (nSPS) is 11.4. The Bertz CT molecular complexity index is 620. The van der Waals surface area contributed by atoms with Gasteiger partial charge in [0.2, 0.25) is 0 Å². The van der Waals surface area contributed by atoms with Crippen molar-refractivity contribution < 1.29 is 14.6 Å². The van der Waals surface area contributed by atoms with Crippen LogP contribution >= 0.6 is 0 Å². The van der Waals surface area contributed by atoms with Gasteiger partial charge in [0.1, 0.15) is 30.8 Å². The summed E-state index contributed by atoms with van der Waals surface area (Å²) >= 11 is 0. The highest BCUT2D eigenvalue weighted by Gasteiger charge is 2.07. The first kappa shape index (κ1) is 14.7. The molecule has 0 bridgehead atoms. The predicted octanol–water partition coefficient (Wildman–Crippen LogP) is 1.96. The lowest BCUT2D eigenvalue weighted by Crippen LogP contribution is -2.25. The summed E-state index contributed by atoms with van der Waals surface area (Å²) in [6, 6.07) is 15.7. The standard InChI is InChI=1S/C16H16N2O3/c17-9-12-4-6-15(7-5-12)20-10-14(19)11-21-16-3-1-2-13(18)8-16/h1-8,14,19H,10-11,18H2. The molecule has 5 nitrogen and oxygen atoms in total. The minimum Gasteiger partial charge on any atom is -0.491 e. The molecular formula is C16H16N2O3. The number of nitrogens with zero attached hydrogens (tertiary/aromatic N) is 1. The van der Waals surface area contributed by atoms with Crippen molar-refractivity contribution in [3.05, 3.63) is 54.1 Å². The minimum atomic E-state index is -0.762. The molecule has 0 radical (unpaired) electrons. The van der Waals surface area contributed by atoms with Crippen molar-refractivity contribution in [1.82, 2.24) is 0 Å². The zero-order chi connectivity index (χ0) is 15.1. The third kappa shape index (κ3) is 4.71.